The lowest BCUT2D eigenvalue weighted by atomic mass is 10.0. The van der Waals surface area contributed by atoms with Crippen LogP contribution >= 0.6 is 27.3 Å². The SMILES string of the molecule is CCC(NCc1cc(Br)cs1)c1ccc(C)cc1. The summed E-state index contributed by atoms with van der Waals surface area (Å²) in [5.74, 6) is 0. The zero-order chi connectivity index (χ0) is 13.0. The summed E-state index contributed by atoms with van der Waals surface area (Å²) in [5.41, 5.74) is 2.69. The molecule has 3 heteroatoms. The summed E-state index contributed by atoms with van der Waals surface area (Å²) in [7, 11) is 0. The molecule has 18 heavy (non-hydrogen) atoms. The summed E-state index contributed by atoms with van der Waals surface area (Å²) in [6, 6.07) is 11.4. The fraction of sp³-hybridized carbons (Fsp3) is 0.333. The molecule has 2 aromatic rings. The Labute approximate surface area is 121 Å². The molecule has 0 aliphatic heterocycles. The van der Waals surface area contributed by atoms with Gasteiger partial charge in [-0.15, -0.1) is 11.3 Å². The number of hydrogen-bond acceptors (Lipinski definition) is 2. The van der Waals surface area contributed by atoms with Gasteiger partial charge < -0.3 is 5.32 Å². The molecule has 96 valence electrons. The molecule has 1 atom stereocenters. The van der Waals surface area contributed by atoms with Gasteiger partial charge >= 0.3 is 0 Å². The molecular formula is C15H18BrNS. The van der Waals surface area contributed by atoms with Crippen molar-refractivity contribution in [2.24, 2.45) is 0 Å². The lowest BCUT2D eigenvalue weighted by Crippen LogP contribution is -2.19. The van der Waals surface area contributed by atoms with E-state index in [0.717, 1.165) is 13.0 Å². The predicted octanol–water partition coefficient (Wildman–Crippen LogP) is 5.06. The Morgan fingerprint density at radius 1 is 1.28 bits per heavy atom. The van der Waals surface area contributed by atoms with Gasteiger partial charge in [-0.2, -0.15) is 0 Å². The minimum atomic E-state index is 0.437. The van der Waals surface area contributed by atoms with Crippen LogP contribution in [0.2, 0.25) is 0 Å². The predicted molar refractivity (Wildman–Crippen MR) is 83.1 cm³/mol. The van der Waals surface area contributed by atoms with Crippen LogP contribution in [0.3, 0.4) is 0 Å². The zero-order valence-electron chi connectivity index (χ0n) is 10.7. The number of thiophene rings is 1. The molecule has 1 nitrogen and oxygen atoms in total. The smallest absolute Gasteiger partial charge is 0.0320 e. The van der Waals surface area contributed by atoms with Gasteiger partial charge in [0.05, 0.1) is 0 Å². The molecule has 1 N–H and O–H groups in total. The van der Waals surface area contributed by atoms with Crippen molar-refractivity contribution >= 4 is 27.3 Å². The summed E-state index contributed by atoms with van der Waals surface area (Å²) in [5, 5.41) is 5.75. The second-order valence-corrected chi connectivity index (χ2v) is 6.40. The monoisotopic (exact) mass is 323 g/mol. The third-order valence-electron chi connectivity index (χ3n) is 3.03. The zero-order valence-corrected chi connectivity index (χ0v) is 13.1. The van der Waals surface area contributed by atoms with E-state index in [4.69, 9.17) is 0 Å². The van der Waals surface area contributed by atoms with E-state index in [1.165, 1.54) is 20.5 Å². The van der Waals surface area contributed by atoms with Crippen molar-refractivity contribution in [3.8, 4) is 0 Å². The molecule has 2 rings (SSSR count). The second-order valence-electron chi connectivity index (χ2n) is 4.48. The van der Waals surface area contributed by atoms with Crippen LogP contribution in [0, 0.1) is 6.92 Å². The minimum Gasteiger partial charge on any atom is -0.305 e. The Kier molecular flexibility index (Phi) is 4.98. The first-order chi connectivity index (χ1) is 8.69. The quantitative estimate of drug-likeness (QED) is 0.810. The lowest BCUT2D eigenvalue weighted by molar-refractivity contribution is 0.522. The van der Waals surface area contributed by atoms with Gasteiger partial charge in [0, 0.05) is 27.3 Å². The summed E-state index contributed by atoms with van der Waals surface area (Å²) in [6.45, 7) is 5.28. The highest BCUT2D eigenvalue weighted by molar-refractivity contribution is 9.10. The van der Waals surface area contributed by atoms with Gasteiger partial charge in [-0.3, -0.25) is 0 Å². The topological polar surface area (TPSA) is 12.0 Å². The van der Waals surface area contributed by atoms with E-state index in [2.05, 4.69) is 70.8 Å². The summed E-state index contributed by atoms with van der Waals surface area (Å²) in [6.07, 6.45) is 1.11. The Bertz CT molecular complexity index is 489. The van der Waals surface area contributed by atoms with Crippen molar-refractivity contribution in [2.45, 2.75) is 32.9 Å². The van der Waals surface area contributed by atoms with E-state index in [1.54, 1.807) is 11.3 Å². The van der Waals surface area contributed by atoms with Crippen molar-refractivity contribution in [1.82, 2.24) is 5.32 Å². The molecule has 1 aromatic carbocycles. The van der Waals surface area contributed by atoms with E-state index in [1.807, 2.05) is 0 Å². The Hall–Kier alpha value is -0.640. The first-order valence-electron chi connectivity index (χ1n) is 6.22. The Morgan fingerprint density at radius 2 is 2.00 bits per heavy atom. The molecule has 1 aromatic heterocycles. The van der Waals surface area contributed by atoms with Crippen LogP contribution in [0.15, 0.2) is 40.2 Å². The number of hydrogen-bond donors (Lipinski definition) is 1. The van der Waals surface area contributed by atoms with Gasteiger partial charge in [-0.25, -0.2) is 0 Å². The summed E-state index contributed by atoms with van der Waals surface area (Å²) >= 11 is 5.28. The molecule has 0 aliphatic carbocycles. The number of benzene rings is 1. The molecule has 0 amide bonds. The van der Waals surface area contributed by atoms with E-state index in [0.29, 0.717) is 6.04 Å². The van der Waals surface area contributed by atoms with Crippen LogP contribution in [0.1, 0.15) is 35.4 Å². The minimum absolute atomic E-state index is 0.437. The van der Waals surface area contributed by atoms with Crippen molar-refractivity contribution in [3.05, 3.63) is 56.2 Å². The average molecular weight is 324 g/mol. The molecule has 0 fully saturated rings. The van der Waals surface area contributed by atoms with E-state index in [-0.39, 0.29) is 0 Å². The van der Waals surface area contributed by atoms with Crippen molar-refractivity contribution in [3.63, 3.8) is 0 Å². The standard InChI is InChI=1S/C15H18BrNS/c1-3-15(12-6-4-11(2)5-7-12)17-9-14-8-13(16)10-18-14/h4-8,10,15,17H,3,9H2,1-2H3. The number of halogens is 1. The maximum absolute atomic E-state index is 3.62. The number of rotatable bonds is 5. The largest absolute Gasteiger partial charge is 0.305 e. The van der Waals surface area contributed by atoms with Crippen LogP contribution < -0.4 is 5.32 Å². The van der Waals surface area contributed by atoms with Crippen LogP contribution in [0.4, 0.5) is 0 Å². The van der Waals surface area contributed by atoms with Gasteiger partial charge in [0.15, 0.2) is 0 Å². The van der Waals surface area contributed by atoms with Crippen molar-refractivity contribution < 1.29 is 0 Å². The highest BCUT2D eigenvalue weighted by Gasteiger charge is 2.08. The van der Waals surface area contributed by atoms with Crippen LogP contribution in [-0.2, 0) is 6.54 Å². The van der Waals surface area contributed by atoms with Crippen molar-refractivity contribution in [1.29, 1.82) is 0 Å². The number of nitrogens with one attached hydrogen (secondary N) is 1. The Balaban J connectivity index is 1.99. The summed E-state index contributed by atoms with van der Waals surface area (Å²) in [4.78, 5) is 1.37. The Morgan fingerprint density at radius 3 is 2.56 bits per heavy atom. The first-order valence-corrected chi connectivity index (χ1v) is 7.89. The average Bonchev–Trinajstić information content (AvgIpc) is 2.78. The van der Waals surface area contributed by atoms with Crippen LogP contribution in [-0.4, -0.2) is 0 Å². The van der Waals surface area contributed by atoms with Gasteiger partial charge in [-0.05, 0) is 40.9 Å². The van der Waals surface area contributed by atoms with Crippen LogP contribution in [0.5, 0.6) is 0 Å². The van der Waals surface area contributed by atoms with Crippen molar-refractivity contribution in [2.75, 3.05) is 0 Å². The fourth-order valence-corrected chi connectivity index (χ4v) is 3.37. The third-order valence-corrected chi connectivity index (χ3v) is 4.73. The molecule has 0 saturated heterocycles. The van der Waals surface area contributed by atoms with Gasteiger partial charge in [0.1, 0.15) is 0 Å². The highest BCUT2D eigenvalue weighted by Crippen LogP contribution is 2.22. The molecule has 0 bridgehead atoms. The molecule has 1 heterocycles. The van der Waals surface area contributed by atoms with Gasteiger partial charge in [0.25, 0.3) is 0 Å². The third kappa shape index (κ3) is 3.67. The normalized spacial score (nSPS) is 12.6. The van der Waals surface area contributed by atoms with Gasteiger partial charge in [0.2, 0.25) is 0 Å². The van der Waals surface area contributed by atoms with E-state index in [9.17, 15) is 0 Å². The second kappa shape index (κ2) is 6.50. The maximum Gasteiger partial charge on any atom is 0.0320 e. The molecule has 0 saturated carbocycles. The molecule has 0 aliphatic rings. The molecule has 0 radical (unpaired) electrons. The van der Waals surface area contributed by atoms with E-state index >= 15 is 0 Å². The first kappa shape index (κ1) is 13.8. The van der Waals surface area contributed by atoms with E-state index < -0.39 is 0 Å². The van der Waals surface area contributed by atoms with Gasteiger partial charge in [-0.1, -0.05) is 36.8 Å². The summed E-state index contributed by atoms with van der Waals surface area (Å²) < 4.78 is 1.17. The molecule has 0 spiro atoms. The number of aryl methyl sites for hydroxylation is 1. The van der Waals surface area contributed by atoms with Crippen LogP contribution in [0.25, 0.3) is 0 Å². The highest BCUT2D eigenvalue weighted by atomic mass is 79.9. The lowest BCUT2D eigenvalue weighted by Gasteiger charge is -2.17. The fourth-order valence-electron chi connectivity index (χ4n) is 1.97. The molecule has 1 unspecified atom stereocenters. The maximum atomic E-state index is 3.62. The molecular weight excluding hydrogens is 306 g/mol.